The van der Waals surface area contributed by atoms with Gasteiger partial charge in [0.05, 0.1) is 11.8 Å². The minimum Gasteiger partial charge on any atom is -0.463 e. The quantitative estimate of drug-likeness (QED) is 0.552. The fraction of sp³-hybridized carbons (Fsp3) is 0.714. The lowest BCUT2D eigenvalue weighted by molar-refractivity contribution is -0.141. The molecule has 0 radical (unpaired) electrons. The normalized spacial score (nSPS) is 9.29. The first kappa shape index (κ1) is 13.3. The van der Waals surface area contributed by atoms with E-state index in [0.717, 1.165) is 0 Å². The number of hydrogen-bond acceptors (Lipinski definition) is 4. The largest absolute Gasteiger partial charge is 0.463 e. The third-order valence-electron chi connectivity index (χ3n) is 1.03. The van der Waals surface area contributed by atoms with Crippen molar-refractivity contribution in [2.75, 3.05) is 31.5 Å². The second-order valence-electron chi connectivity index (χ2n) is 2.09. The van der Waals surface area contributed by atoms with Gasteiger partial charge < -0.3 is 14.8 Å². The molecule has 14 heavy (non-hydrogen) atoms. The van der Waals surface area contributed by atoms with Gasteiger partial charge in [-0.25, -0.2) is 4.79 Å². The van der Waals surface area contributed by atoms with E-state index in [2.05, 4.69) is 14.8 Å². The molecule has 0 saturated carbocycles. The summed E-state index contributed by atoms with van der Waals surface area (Å²) in [5.74, 6) is -0.125. The number of halogens is 2. The highest BCUT2D eigenvalue weighted by molar-refractivity contribution is 6.18. The van der Waals surface area contributed by atoms with Crippen LogP contribution in [0.15, 0.2) is 0 Å². The van der Waals surface area contributed by atoms with Gasteiger partial charge in [-0.2, -0.15) is 0 Å². The molecule has 0 aromatic carbocycles. The number of nitrogens with one attached hydrogen (secondary N) is 1. The highest BCUT2D eigenvalue weighted by Gasteiger charge is 2.06. The maximum absolute atomic E-state index is 10.8. The second kappa shape index (κ2) is 8.90. The van der Waals surface area contributed by atoms with Crippen LogP contribution in [0.4, 0.5) is 4.79 Å². The number of alkyl halides is 2. The second-order valence-corrected chi connectivity index (χ2v) is 2.84. The van der Waals surface area contributed by atoms with Gasteiger partial charge in [0.1, 0.15) is 19.8 Å². The molecule has 0 aliphatic rings. The van der Waals surface area contributed by atoms with Crippen molar-refractivity contribution in [1.29, 1.82) is 0 Å². The third-order valence-corrected chi connectivity index (χ3v) is 1.34. The smallest absolute Gasteiger partial charge is 0.407 e. The zero-order valence-corrected chi connectivity index (χ0v) is 8.94. The van der Waals surface area contributed by atoms with Gasteiger partial charge in [-0.05, 0) is 0 Å². The molecule has 7 heteroatoms. The van der Waals surface area contributed by atoms with Crippen molar-refractivity contribution < 1.29 is 19.1 Å². The Kier molecular flexibility index (Phi) is 8.47. The van der Waals surface area contributed by atoms with E-state index in [1.165, 1.54) is 0 Å². The highest BCUT2D eigenvalue weighted by atomic mass is 35.5. The van der Waals surface area contributed by atoms with Gasteiger partial charge in [-0.1, -0.05) is 0 Å². The number of rotatable bonds is 6. The predicted molar refractivity (Wildman–Crippen MR) is 51.7 cm³/mol. The summed E-state index contributed by atoms with van der Waals surface area (Å²) >= 11 is 10.5. The fourth-order valence-corrected chi connectivity index (χ4v) is 0.684. The van der Waals surface area contributed by atoms with E-state index in [4.69, 9.17) is 23.2 Å². The van der Waals surface area contributed by atoms with Gasteiger partial charge in [0.2, 0.25) is 0 Å². The van der Waals surface area contributed by atoms with E-state index in [-0.39, 0.29) is 31.5 Å². The summed E-state index contributed by atoms with van der Waals surface area (Å²) in [6.45, 7) is -0.0130. The Morgan fingerprint density at radius 2 is 1.64 bits per heavy atom. The monoisotopic (exact) mass is 243 g/mol. The summed E-state index contributed by atoms with van der Waals surface area (Å²) in [6.07, 6.45) is -0.700. The van der Waals surface area contributed by atoms with Gasteiger partial charge in [0.15, 0.2) is 0 Å². The number of hydrogen-bond donors (Lipinski definition) is 1. The standard InChI is InChI=1S/C7H11Cl2NO4/c8-1-3-13-6(11)5-10-7(12)14-4-2-9/h1-5H2,(H,10,12). The minimum atomic E-state index is -0.700. The van der Waals surface area contributed by atoms with Crippen LogP contribution < -0.4 is 5.32 Å². The van der Waals surface area contributed by atoms with Crippen LogP contribution in [-0.4, -0.2) is 43.6 Å². The molecule has 0 aliphatic heterocycles. The molecule has 0 unspecified atom stereocenters. The van der Waals surface area contributed by atoms with Crippen molar-refractivity contribution in [3.63, 3.8) is 0 Å². The average Bonchev–Trinajstić information content (AvgIpc) is 2.20. The molecule has 0 heterocycles. The van der Waals surface area contributed by atoms with Crippen LogP contribution in [0.3, 0.4) is 0 Å². The molecule has 0 aromatic heterocycles. The maximum atomic E-state index is 10.8. The highest BCUT2D eigenvalue weighted by Crippen LogP contribution is 1.83. The summed E-state index contributed by atoms with van der Waals surface area (Å²) in [5, 5.41) is 2.19. The van der Waals surface area contributed by atoms with E-state index >= 15 is 0 Å². The van der Waals surface area contributed by atoms with Gasteiger partial charge in [-0.3, -0.25) is 4.79 Å². The van der Waals surface area contributed by atoms with E-state index in [1.54, 1.807) is 0 Å². The van der Waals surface area contributed by atoms with E-state index in [0.29, 0.717) is 0 Å². The molecule has 0 atom stereocenters. The number of carbonyl (C=O) groups is 2. The Morgan fingerprint density at radius 1 is 1.07 bits per heavy atom. The molecule has 82 valence electrons. The van der Waals surface area contributed by atoms with Gasteiger partial charge in [0, 0.05) is 0 Å². The first-order valence-electron chi connectivity index (χ1n) is 3.89. The lowest BCUT2D eigenvalue weighted by Gasteiger charge is -2.05. The lowest BCUT2D eigenvalue weighted by Crippen LogP contribution is -2.31. The van der Waals surface area contributed by atoms with Crippen LogP contribution >= 0.6 is 23.2 Å². The third kappa shape index (κ3) is 7.94. The molecule has 0 aliphatic carbocycles. The fourth-order valence-electron chi connectivity index (χ4n) is 0.530. The van der Waals surface area contributed by atoms with Gasteiger partial charge in [0.25, 0.3) is 0 Å². The SMILES string of the molecule is O=C(CNC(=O)OCCCl)OCCCl. The Balaban J connectivity index is 3.41. The molecule has 0 bridgehead atoms. The lowest BCUT2D eigenvalue weighted by atomic mass is 10.6. The number of alkyl carbamates (subject to hydrolysis) is 1. The molecular weight excluding hydrogens is 233 g/mol. The molecule has 0 aromatic rings. The summed E-state index contributed by atoms with van der Waals surface area (Å²) < 4.78 is 9.11. The van der Waals surface area contributed by atoms with Gasteiger partial charge in [-0.15, -0.1) is 23.2 Å². The molecule has 1 amide bonds. The van der Waals surface area contributed by atoms with Crippen molar-refractivity contribution >= 4 is 35.3 Å². The number of esters is 1. The van der Waals surface area contributed by atoms with Crippen LogP contribution in [0.5, 0.6) is 0 Å². The first-order chi connectivity index (χ1) is 6.70. The van der Waals surface area contributed by atoms with Crippen molar-refractivity contribution in [1.82, 2.24) is 5.32 Å². The topological polar surface area (TPSA) is 64.6 Å². The Bertz CT molecular complexity index is 169. The Labute approximate surface area is 91.6 Å². The van der Waals surface area contributed by atoms with Crippen molar-refractivity contribution in [3.05, 3.63) is 0 Å². The molecule has 0 spiro atoms. The zero-order valence-electron chi connectivity index (χ0n) is 7.42. The van der Waals surface area contributed by atoms with E-state index in [9.17, 15) is 9.59 Å². The van der Waals surface area contributed by atoms with Crippen LogP contribution in [0.2, 0.25) is 0 Å². The summed E-state index contributed by atoms with van der Waals surface area (Å²) in [7, 11) is 0. The average molecular weight is 244 g/mol. The Hall–Kier alpha value is -0.680. The van der Waals surface area contributed by atoms with E-state index < -0.39 is 12.1 Å². The summed E-state index contributed by atoms with van der Waals surface area (Å²) in [4.78, 5) is 21.6. The number of ether oxygens (including phenoxy) is 2. The van der Waals surface area contributed by atoms with Crippen LogP contribution in [0.25, 0.3) is 0 Å². The molecule has 1 N–H and O–H groups in total. The minimum absolute atomic E-state index is 0.101. The first-order valence-corrected chi connectivity index (χ1v) is 4.95. The van der Waals surface area contributed by atoms with E-state index in [1.807, 2.05) is 0 Å². The molecule has 0 fully saturated rings. The maximum Gasteiger partial charge on any atom is 0.407 e. The zero-order chi connectivity index (χ0) is 10.8. The summed E-state index contributed by atoms with van der Waals surface area (Å²) in [6, 6.07) is 0. The molecule has 5 nitrogen and oxygen atoms in total. The van der Waals surface area contributed by atoms with Crippen LogP contribution in [0, 0.1) is 0 Å². The summed E-state index contributed by atoms with van der Waals surface area (Å²) in [5.41, 5.74) is 0. The molecule has 0 saturated heterocycles. The molecule has 0 rings (SSSR count). The van der Waals surface area contributed by atoms with Crippen molar-refractivity contribution in [2.24, 2.45) is 0 Å². The Morgan fingerprint density at radius 3 is 2.21 bits per heavy atom. The number of amides is 1. The van der Waals surface area contributed by atoms with Crippen LogP contribution in [0.1, 0.15) is 0 Å². The van der Waals surface area contributed by atoms with Crippen LogP contribution in [-0.2, 0) is 14.3 Å². The molecular formula is C7H11Cl2NO4. The van der Waals surface area contributed by atoms with Crippen molar-refractivity contribution in [3.8, 4) is 0 Å². The van der Waals surface area contributed by atoms with Crippen molar-refractivity contribution in [2.45, 2.75) is 0 Å². The predicted octanol–water partition coefficient (Wildman–Crippen LogP) is 0.733. The van der Waals surface area contributed by atoms with Gasteiger partial charge >= 0.3 is 12.1 Å². The number of carbonyl (C=O) groups excluding carboxylic acids is 2.